The summed E-state index contributed by atoms with van der Waals surface area (Å²) >= 11 is 0. The van der Waals surface area contributed by atoms with E-state index >= 15 is 0 Å². The minimum atomic E-state index is -3.77. The van der Waals surface area contributed by atoms with Crippen molar-refractivity contribution in [3.63, 3.8) is 0 Å². The Balaban J connectivity index is 1.64. The Morgan fingerprint density at radius 1 is 1.11 bits per heavy atom. The fraction of sp³-hybridized carbons (Fsp3) is 0.320. The van der Waals surface area contributed by atoms with Crippen LogP contribution in [-0.4, -0.2) is 38.8 Å². The Morgan fingerprint density at radius 2 is 1.86 bits per heavy atom. The van der Waals surface area contributed by atoms with Crippen LogP contribution >= 0.6 is 0 Å². The zero-order chi connectivity index (χ0) is 25.0. The van der Waals surface area contributed by atoms with E-state index in [1.807, 2.05) is 12.1 Å². The maximum absolute atomic E-state index is 13.2. The summed E-state index contributed by atoms with van der Waals surface area (Å²) < 4.78 is 33.6. The Bertz CT molecular complexity index is 1310. The SMILES string of the molecule is CCOC(=O)C1=C(C)Nc2ccccc2N=C1NC(=O)c1cccc(S(=O)(=O)NC2CCCC2)c1. The van der Waals surface area contributed by atoms with Crippen molar-refractivity contribution in [2.24, 2.45) is 4.99 Å². The van der Waals surface area contributed by atoms with E-state index in [4.69, 9.17) is 4.74 Å². The molecule has 0 atom stereocenters. The fourth-order valence-corrected chi connectivity index (χ4v) is 5.50. The zero-order valence-electron chi connectivity index (χ0n) is 19.6. The molecule has 1 aliphatic heterocycles. The largest absolute Gasteiger partial charge is 0.462 e. The molecular formula is C25H28N4O5S. The van der Waals surface area contributed by atoms with Crippen LogP contribution in [0.25, 0.3) is 0 Å². The Kier molecular flexibility index (Phi) is 7.32. The van der Waals surface area contributed by atoms with Gasteiger partial charge in [0.25, 0.3) is 5.91 Å². The molecule has 0 saturated heterocycles. The number of allylic oxidation sites excluding steroid dienone is 1. The summed E-state index contributed by atoms with van der Waals surface area (Å²) in [4.78, 5) is 30.5. The van der Waals surface area contributed by atoms with Crippen molar-refractivity contribution in [3.8, 4) is 0 Å². The highest BCUT2D eigenvalue weighted by Crippen LogP contribution is 2.30. The maximum atomic E-state index is 13.2. The molecule has 2 aromatic carbocycles. The third-order valence-electron chi connectivity index (χ3n) is 5.87. The normalized spacial score (nSPS) is 16.1. The van der Waals surface area contributed by atoms with E-state index in [0.717, 1.165) is 25.7 Å². The molecule has 0 radical (unpaired) electrons. The lowest BCUT2D eigenvalue weighted by Gasteiger charge is -2.14. The van der Waals surface area contributed by atoms with E-state index in [1.54, 1.807) is 26.0 Å². The van der Waals surface area contributed by atoms with Gasteiger partial charge in [-0.2, -0.15) is 0 Å². The standard InChI is InChI=1S/C25H28N4O5S/c1-3-34-25(31)22-16(2)26-20-13-6-7-14-21(20)27-23(22)28-24(30)17-9-8-12-19(15-17)35(32,33)29-18-10-4-5-11-18/h6-9,12-15,18,26,29H,3-5,10-11H2,1-2H3,(H,27,28,30). The van der Waals surface area contributed by atoms with E-state index in [1.165, 1.54) is 24.3 Å². The minimum absolute atomic E-state index is 0.00389. The summed E-state index contributed by atoms with van der Waals surface area (Å²) in [5, 5.41) is 5.83. The number of benzene rings is 2. The summed E-state index contributed by atoms with van der Waals surface area (Å²) in [5.74, 6) is -1.22. The number of nitrogens with zero attached hydrogens (tertiary/aromatic N) is 1. The van der Waals surface area contributed by atoms with Gasteiger partial charge in [0.05, 0.1) is 22.9 Å². The first-order chi connectivity index (χ1) is 16.8. The number of para-hydroxylation sites is 2. The second-order valence-corrected chi connectivity index (χ2v) is 10.1. The predicted molar refractivity (Wildman–Crippen MR) is 133 cm³/mol. The molecule has 2 aromatic rings. The zero-order valence-corrected chi connectivity index (χ0v) is 20.4. The van der Waals surface area contributed by atoms with Gasteiger partial charge in [-0.05, 0) is 57.0 Å². The molecule has 1 saturated carbocycles. The second-order valence-electron chi connectivity index (χ2n) is 8.41. The third kappa shape index (κ3) is 5.60. The molecule has 1 amide bonds. The van der Waals surface area contributed by atoms with E-state index in [0.29, 0.717) is 17.1 Å². The highest BCUT2D eigenvalue weighted by molar-refractivity contribution is 7.89. The minimum Gasteiger partial charge on any atom is -0.462 e. The number of ether oxygens (including phenoxy) is 1. The molecule has 9 nitrogen and oxygen atoms in total. The summed E-state index contributed by atoms with van der Waals surface area (Å²) in [5.41, 5.74) is 1.86. The van der Waals surface area contributed by atoms with Crippen molar-refractivity contribution in [1.82, 2.24) is 10.0 Å². The Labute approximate surface area is 204 Å². The van der Waals surface area contributed by atoms with Crippen LogP contribution < -0.4 is 15.4 Å². The molecule has 1 fully saturated rings. The number of hydrogen-bond donors (Lipinski definition) is 3. The molecular weight excluding hydrogens is 468 g/mol. The van der Waals surface area contributed by atoms with Gasteiger partial charge in [-0.1, -0.05) is 31.0 Å². The predicted octanol–water partition coefficient (Wildman–Crippen LogP) is 3.63. The van der Waals surface area contributed by atoms with E-state index in [-0.39, 0.29) is 34.5 Å². The number of fused-ring (bicyclic) bond motifs is 1. The van der Waals surface area contributed by atoms with Crippen LogP contribution in [0.2, 0.25) is 0 Å². The number of nitrogens with one attached hydrogen (secondary N) is 3. The van der Waals surface area contributed by atoms with Gasteiger partial charge in [0.15, 0.2) is 0 Å². The number of esters is 1. The van der Waals surface area contributed by atoms with Crippen molar-refractivity contribution in [3.05, 3.63) is 65.4 Å². The van der Waals surface area contributed by atoms with Crippen molar-refractivity contribution in [2.45, 2.75) is 50.5 Å². The summed E-state index contributed by atoms with van der Waals surface area (Å²) in [6.45, 7) is 3.53. The quantitative estimate of drug-likeness (QED) is 0.525. The van der Waals surface area contributed by atoms with Crippen LogP contribution in [0.5, 0.6) is 0 Å². The topological polar surface area (TPSA) is 126 Å². The number of sulfonamides is 1. The first-order valence-corrected chi connectivity index (χ1v) is 13.0. The van der Waals surface area contributed by atoms with Crippen LogP contribution in [0, 0.1) is 0 Å². The lowest BCUT2D eigenvalue weighted by Crippen LogP contribution is -2.36. The van der Waals surface area contributed by atoms with E-state index in [2.05, 4.69) is 20.3 Å². The van der Waals surface area contributed by atoms with Crippen LogP contribution in [-0.2, 0) is 19.6 Å². The van der Waals surface area contributed by atoms with Crippen molar-refractivity contribution in [1.29, 1.82) is 0 Å². The average Bonchev–Trinajstić information content (AvgIpc) is 3.28. The van der Waals surface area contributed by atoms with Crippen molar-refractivity contribution >= 4 is 39.1 Å². The molecule has 4 rings (SSSR count). The molecule has 10 heteroatoms. The van der Waals surface area contributed by atoms with Gasteiger partial charge >= 0.3 is 5.97 Å². The number of rotatable bonds is 6. The first-order valence-electron chi connectivity index (χ1n) is 11.6. The number of amides is 1. The molecule has 35 heavy (non-hydrogen) atoms. The molecule has 184 valence electrons. The van der Waals surface area contributed by atoms with Gasteiger partial charge in [-0.15, -0.1) is 0 Å². The molecule has 0 unspecified atom stereocenters. The smallest absolute Gasteiger partial charge is 0.343 e. The van der Waals surface area contributed by atoms with Gasteiger partial charge in [0, 0.05) is 17.3 Å². The molecule has 0 bridgehead atoms. The second kappa shape index (κ2) is 10.4. The molecule has 0 spiro atoms. The number of hydrogen-bond acceptors (Lipinski definition) is 7. The Hall–Kier alpha value is -3.50. The van der Waals surface area contributed by atoms with Gasteiger partial charge in [-0.25, -0.2) is 22.9 Å². The number of carbonyl (C=O) groups is 2. The fourth-order valence-electron chi connectivity index (χ4n) is 4.15. The monoisotopic (exact) mass is 496 g/mol. The number of anilines is 1. The lowest BCUT2D eigenvalue weighted by molar-refractivity contribution is -0.137. The summed E-state index contributed by atoms with van der Waals surface area (Å²) in [7, 11) is -3.77. The first kappa shape index (κ1) is 24.6. The number of amidine groups is 1. The van der Waals surface area contributed by atoms with Crippen LogP contribution in [0.1, 0.15) is 49.9 Å². The highest BCUT2D eigenvalue weighted by Gasteiger charge is 2.27. The number of aliphatic imine (C=N–C) groups is 1. The van der Waals surface area contributed by atoms with E-state index < -0.39 is 21.9 Å². The van der Waals surface area contributed by atoms with E-state index in [9.17, 15) is 18.0 Å². The number of carbonyl (C=O) groups excluding carboxylic acids is 2. The highest BCUT2D eigenvalue weighted by atomic mass is 32.2. The molecule has 2 aliphatic rings. The van der Waals surface area contributed by atoms with Crippen LogP contribution in [0.3, 0.4) is 0 Å². The van der Waals surface area contributed by atoms with Crippen molar-refractivity contribution < 1.29 is 22.7 Å². The van der Waals surface area contributed by atoms with Crippen LogP contribution in [0.15, 0.2) is 69.7 Å². The van der Waals surface area contributed by atoms with Gasteiger partial charge in [0.1, 0.15) is 11.4 Å². The van der Waals surface area contributed by atoms with Crippen LogP contribution in [0.4, 0.5) is 11.4 Å². The third-order valence-corrected chi connectivity index (χ3v) is 7.38. The lowest BCUT2D eigenvalue weighted by atomic mass is 10.1. The summed E-state index contributed by atoms with van der Waals surface area (Å²) in [6, 6.07) is 12.9. The van der Waals surface area contributed by atoms with Gasteiger partial charge < -0.3 is 15.4 Å². The average molecular weight is 497 g/mol. The van der Waals surface area contributed by atoms with Gasteiger partial charge in [0.2, 0.25) is 10.0 Å². The molecule has 1 aliphatic carbocycles. The Morgan fingerprint density at radius 3 is 2.60 bits per heavy atom. The summed E-state index contributed by atoms with van der Waals surface area (Å²) in [6.07, 6.45) is 3.59. The maximum Gasteiger partial charge on any atom is 0.343 e. The molecule has 3 N–H and O–H groups in total. The van der Waals surface area contributed by atoms with Gasteiger partial charge in [-0.3, -0.25) is 4.79 Å². The van der Waals surface area contributed by atoms with Crippen molar-refractivity contribution in [2.75, 3.05) is 11.9 Å². The molecule has 0 aromatic heterocycles. The molecule has 1 heterocycles.